The van der Waals surface area contributed by atoms with E-state index in [9.17, 15) is 4.79 Å². The van der Waals surface area contributed by atoms with E-state index in [-0.39, 0.29) is 11.9 Å². The number of thiophene rings is 1. The number of aromatic nitrogens is 1. The molecular formula is C18H19N3O3S. The normalized spacial score (nSPS) is 17.8. The van der Waals surface area contributed by atoms with Crippen molar-refractivity contribution < 1.29 is 13.6 Å². The first-order valence-electron chi connectivity index (χ1n) is 8.32. The van der Waals surface area contributed by atoms with Gasteiger partial charge in [-0.15, -0.1) is 11.3 Å². The lowest BCUT2D eigenvalue weighted by atomic mass is 10.2. The predicted octanol–water partition coefficient (Wildman–Crippen LogP) is 3.28. The molecule has 4 rings (SSSR count). The van der Waals surface area contributed by atoms with Crippen LogP contribution < -0.4 is 5.32 Å². The molecule has 4 heterocycles. The largest absolute Gasteiger partial charge is 0.467 e. The lowest BCUT2D eigenvalue weighted by Crippen LogP contribution is -2.42. The van der Waals surface area contributed by atoms with Crippen molar-refractivity contribution in [2.24, 2.45) is 0 Å². The van der Waals surface area contributed by atoms with Crippen molar-refractivity contribution in [2.75, 3.05) is 6.54 Å². The summed E-state index contributed by atoms with van der Waals surface area (Å²) in [6.07, 6.45) is 5.17. The van der Waals surface area contributed by atoms with Crippen molar-refractivity contribution in [1.82, 2.24) is 15.2 Å². The Labute approximate surface area is 149 Å². The summed E-state index contributed by atoms with van der Waals surface area (Å²) in [7, 11) is 0. The Balaban J connectivity index is 1.37. The van der Waals surface area contributed by atoms with Gasteiger partial charge in [-0.25, -0.2) is 4.98 Å². The quantitative estimate of drug-likeness (QED) is 0.733. The topological polar surface area (TPSA) is 71.5 Å². The third-order valence-corrected chi connectivity index (χ3v) is 5.19. The van der Waals surface area contributed by atoms with Crippen LogP contribution in [-0.2, 0) is 17.9 Å². The SMILES string of the molecule is O=C(NCc1ccco1)[C@H]1CCCN1Cc1coc(-c2cccs2)n1. The standard InChI is InChI=1S/C18H19N3O3S/c22-17(19-10-14-4-2-8-23-14)15-5-1-7-21(15)11-13-12-24-18(20-13)16-6-3-9-25-16/h2-4,6,8-9,12,15H,1,5,7,10-11H2,(H,19,22)/t15-/m1/s1. The summed E-state index contributed by atoms with van der Waals surface area (Å²) in [5.74, 6) is 1.44. The van der Waals surface area contributed by atoms with Crippen LogP contribution >= 0.6 is 11.3 Å². The molecule has 6 nitrogen and oxygen atoms in total. The highest BCUT2D eigenvalue weighted by Crippen LogP contribution is 2.25. The van der Waals surface area contributed by atoms with Gasteiger partial charge in [0, 0.05) is 6.54 Å². The van der Waals surface area contributed by atoms with Gasteiger partial charge in [-0.3, -0.25) is 9.69 Å². The summed E-state index contributed by atoms with van der Waals surface area (Å²) in [4.78, 5) is 20.2. The number of nitrogens with one attached hydrogen (secondary N) is 1. The molecule has 1 fully saturated rings. The first-order chi connectivity index (χ1) is 12.3. The van der Waals surface area contributed by atoms with Crippen LogP contribution in [0.4, 0.5) is 0 Å². The van der Waals surface area contributed by atoms with Gasteiger partial charge in [0.05, 0.1) is 29.4 Å². The van der Waals surface area contributed by atoms with Crippen LogP contribution in [0.2, 0.25) is 0 Å². The van der Waals surface area contributed by atoms with Crippen LogP contribution in [-0.4, -0.2) is 28.4 Å². The van der Waals surface area contributed by atoms with Gasteiger partial charge in [-0.05, 0) is 43.0 Å². The minimum atomic E-state index is -0.128. The zero-order chi connectivity index (χ0) is 17.1. The molecule has 3 aromatic rings. The van der Waals surface area contributed by atoms with Crippen LogP contribution in [0.3, 0.4) is 0 Å². The first kappa shape index (κ1) is 16.1. The number of furan rings is 1. The van der Waals surface area contributed by atoms with Gasteiger partial charge >= 0.3 is 0 Å². The molecule has 0 bridgehead atoms. The molecule has 1 amide bonds. The summed E-state index contributed by atoms with van der Waals surface area (Å²) < 4.78 is 10.8. The number of likely N-dealkylation sites (tertiary alicyclic amines) is 1. The van der Waals surface area contributed by atoms with E-state index < -0.39 is 0 Å². The van der Waals surface area contributed by atoms with E-state index in [1.807, 2.05) is 29.6 Å². The molecule has 3 aromatic heterocycles. The van der Waals surface area contributed by atoms with Crippen molar-refractivity contribution in [2.45, 2.75) is 32.0 Å². The lowest BCUT2D eigenvalue weighted by Gasteiger charge is -2.22. The molecule has 7 heteroatoms. The van der Waals surface area contributed by atoms with E-state index in [2.05, 4.69) is 15.2 Å². The molecule has 1 atom stereocenters. The summed E-state index contributed by atoms with van der Waals surface area (Å²) in [5, 5.41) is 4.95. The maximum absolute atomic E-state index is 12.5. The van der Waals surface area contributed by atoms with Crippen molar-refractivity contribution in [3.63, 3.8) is 0 Å². The third-order valence-electron chi connectivity index (χ3n) is 4.33. The molecule has 1 aliphatic rings. The van der Waals surface area contributed by atoms with Crippen LogP contribution in [0, 0.1) is 0 Å². The molecule has 0 unspecified atom stereocenters. The van der Waals surface area contributed by atoms with Gasteiger partial charge in [0.1, 0.15) is 12.0 Å². The Morgan fingerprint density at radius 3 is 3.12 bits per heavy atom. The van der Waals surface area contributed by atoms with Gasteiger partial charge in [0.15, 0.2) is 0 Å². The summed E-state index contributed by atoms with van der Waals surface area (Å²) in [6.45, 7) is 1.93. The Bertz CT molecular complexity index is 811. The van der Waals surface area contributed by atoms with Crippen LogP contribution in [0.25, 0.3) is 10.8 Å². The maximum atomic E-state index is 12.5. The van der Waals surface area contributed by atoms with Gasteiger partial charge in [-0.1, -0.05) is 6.07 Å². The molecule has 1 N–H and O–H groups in total. The Morgan fingerprint density at radius 1 is 1.36 bits per heavy atom. The molecule has 130 valence electrons. The van der Waals surface area contributed by atoms with Crippen LogP contribution in [0.5, 0.6) is 0 Å². The van der Waals surface area contributed by atoms with E-state index >= 15 is 0 Å². The number of rotatable bonds is 6. The second-order valence-electron chi connectivity index (χ2n) is 6.05. The summed E-state index contributed by atoms with van der Waals surface area (Å²) in [6, 6.07) is 7.51. The summed E-state index contributed by atoms with van der Waals surface area (Å²) >= 11 is 1.60. The fourth-order valence-electron chi connectivity index (χ4n) is 3.12. The third kappa shape index (κ3) is 3.67. The number of amides is 1. The number of hydrogen-bond donors (Lipinski definition) is 1. The predicted molar refractivity (Wildman–Crippen MR) is 93.8 cm³/mol. The Kier molecular flexibility index (Phi) is 4.67. The van der Waals surface area contributed by atoms with E-state index in [0.29, 0.717) is 19.0 Å². The second-order valence-corrected chi connectivity index (χ2v) is 6.99. The second kappa shape index (κ2) is 7.25. The molecule has 0 aromatic carbocycles. The van der Waals surface area contributed by atoms with Gasteiger partial charge in [0.2, 0.25) is 11.8 Å². The van der Waals surface area contributed by atoms with Crippen molar-refractivity contribution in [1.29, 1.82) is 0 Å². The molecule has 0 aliphatic carbocycles. The Morgan fingerprint density at radius 2 is 2.32 bits per heavy atom. The van der Waals surface area contributed by atoms with E-state index in [1.54, 1.807) is 23.9 Å². The highest BCUT2D eigenvalue weighted by molar-refractivity contribution is 7.13. The van der Waals surface area contributed by atoms with Gasteiger partial charge < -0.3 is 14.2 Å². The van der Waals surface area contributed by atoms with Crippen LogP contribution in [0.1, 0.15) is 24.3 Å². The molecule has 0 saturated carbocycles. The van der Waals surface area contributed by atoms with E-state index in [4.69, 9.17) is 8.83 Å². The van der Waals surface area contributed by atoms with Crippen molar-refractivity contribution in [3.8, 4) is 10.8 Å². The maximum Gasteiger partial charge on any atom is 0.237 e. The molecule has 1 aliphatic heterocycles. The van der Waals surface area contributed by atoms with E-state index in [1.165, 1.54) is 0 Å². The highest BCUT2D eigenvalue weighted by Gasteiger charge is 2.31. The van der Waals surface area contributed by atoms with E-state index in [0.717, 1.165) is 35.7 Å². The molecule has 0 spiro atoms. The van der Waals surface area contributed by atoms with Crippen molar-refractivity contribution >= 4 is 17.2 Å². The molecule has 1 saturated heterocycles. The number of carbonyl (C=O) groups is 1. The zero-order valence-electron chi connectivity index (χ0n) is 13.7. The molecule has 0 radical (unpaired) electrons. The van der Waals surface area contributed by atoms with Gasteiger partial charge in [0.25, 0.3) is 0 Å². The van der Waals surface area contributed by atoms with Crippen LogP contribution in [0.15, 0.2) is 51.0 Å². The lowest BCUT2D eigenvalue weighted by molar-refractivity contribution is -0.125. The average Bonchev–Trinajstić information content (AvgIpc) is 3.39. The number of hydrogen-bond acceptors (Lipinski definition) is 6. The van der Waals surface area contributed by atoms with Gasteiger partial charge in [-0.2, -0.15) is 0 Å². The molecular weight excluding hydrogens is 338 g/mol. The smallest absolute Gasteiger partial charge is 0.237 e. The minimum Gasteiger partial charge on any atom is -0.467 e. The Hall–Kier alpha value is -2.38. The number of oxazole rings is 1. The minimum absolute atomic E-state index is 0.0378. The fraction of sp³-hybridized carbons (Fsp3) is 0.333. The summed E-state index contributed by atoms with van der Waals surface area (Å²) in [5.41, 5.74) is 0.856. The average molecular weight is 357 g/mol. The monoisotopic (exact) mass is 357 g/mol. The first-order valence-corrected chi connectivity index (χ1v) is 9.20. The zero-order valence-corrected chi connectivity index (χ0v) is 14.5. The molecule has 25 heavy (non-hydrogen) atoms. The van der Waals surface area contributed by atoms with Crippen molar-refractivity contribution in [3.05, 3.63) is 53.6 Å². The fourth-order valence-corrected chi connectivity index (χ4v) is 3.77. The number of nitrogens with zero attached hydrogens (tertiary/aromatic N) is 2. The number of carbonyl (C=O) groups excluding carboxylic acids is 1. The highest BCUT2D eigenvalue weighted by atomic mass is 32.1.